The van der Waals surface area contributed by atoms with Crippen LogP contribution in [0.4, 0.5) is 0 Å². The molecule has 0 spiro atoms. The number of nitrogens with one attached hydrogen (secondary N) is 1. The van der Waals surface area contributed by atoms with E-state index in [1.165, 1.54) is 16.2 Å². The van der Waals surface area contributed by atoms with E-state index in [9.17, 15) is 0 Å². The maximum absolute atomic E-state index is 4.19. The zero-order valence-corrected chi connectivity index (χ0v) is 12.4. The summed E-state index contributed by atoms with van der Waals surface area (Å²) in [6.45, 7) is 7.21. The first-order valence-corrected chi connectivity index (χ1v) is 7.73. The van der Waals surface area contributed by atoms with Crippen LogP contribution in [-0.4, -0.2) is 16.1 Å². The van der Waals surface area contributed by atoms with E-state index in [2.05, 4.69) is 53.0 Å². The van der Waals surface area contributed by atoms with Crippen LogP contribution in [0.15, 0.2) is 41.7 Å². The van der Waals surface area contributed by atoms with Gasteiger partial charge in [-0.15, -0.1) is 11.8 Å². The van der Waals surface area contributed by atoms with Crippen LogP contribution in [-0.2, 0) is 18.8 Å². The molecule has 0 atom stereocenters. The first kappa shape index (κ1) is 14.2. The van der Waals surface area contributed by atoms with E-state index in [-0.39, 0.29) is 0 Å². The quantitative estimate of drug-likeness (QED) is 0.786. The van der Waals surface area contributed by atoms with Crippen molar-refractivity contribution in [3.63, 3.8) is 0 Å². The third-order valence-corrected chi connectivity index (χ3v) is 4.07. The highest BCUT2D eigenvalue weighted by Gasteiger charge is 2.02. The second kappa shape index (κ2) is 7.36. The Hall–Kier alpha value is -1.26. The lowest BCUT2D eigenvalue weighted by molar-refractivity contribution is 0.726. The average molecular weight is 275 g/mol. The molecule has 1 N–H and O–H groups in total. The predicted molar refractivity (Wildman–Crippen MR) is 81.3 cm³/mol. The van der Waals surface area contributed by atoms with Gasteiger partial charge < -0.3 is 9.88 Å². The van der Waals surface area contributed by atoms with E-state index < -0.39 is 0 Å². The van der Waals surface area contributed by atoms with Gasteiger partial charge in [0.05, 0.1) is 6.33 Å². The molecule has 2 rings (SSSR count). The Morgan fingerprint density at radius 3 is 2.68 bits per heavy atom. The number of nitrogens with zero attached hydrogens (tertiary/aromatic N) is 2. The van der Waals surface area contributed by atoms with Gasteiger partial charge in [0.25, 0.3) is 0 Å². The van der Waals surface area contributed by atoms with Crippen LogP contribution < -0.4 is 5.32 Å². The third-order valence-electron chi connectivity index (χ3n) is 3.03. The maximum atomic E-state index is 4.19. The summed E-state index contributed by atoms with van der Waals surface area (Å²) in [6, 6.07) is 8.79. The van der Waals surface area contributed by atoms with Crippen molar-refractivity contribution in [1.82, 2.24) is 14.9 Å². The monoisotopic (exact) mass is 275 g/mol. The van der Waals surface area contributed by atoms with Gasteiger partial charge in [0, 0.05) is 35.6 Å². The van der Waals surface area contributed by atoms with E-state index in [1.54, 1.807) is 0 Å². The second-order valence-electron chi connectivity index (χ2n) is 4.38. The Kier molecular flexibility index (Phi) is 5.48. The molecule has 0 unspecified atom stereocenters. The molecule has 0 aliphatic heterocycles. The van der Waals surface area contributed by atoms with Crippen LogP contribution in [0.2, 0.25) is 0 Å². The number of aryl methyl sites for hydroxylation is 1. The third kappa shape index (κ3) is 4.11. The summed E-state index contributed by atoms with van der Waals surface area (Å²) in [5.41, 5.74) is 2.62. The summed E-state index contributed by atoms with van der Waals surface area (Å²) < 4.78 is 2.19. The highest BCUT2D eigenvalue weighted by atomic mass is 32.2. The van der Waals surface area contributed by atoms with Gasteiger partial charge in [0.15, 0.2) is 0 Å². The molecule has 0 saturated heterocycles. The van der Waals surface area contributed by atoms with E-state index in [0.717, 1.165) is 25.4 Å². The van der Waals surface area contributed by atoms with Crippen molar-refractivity contribution in [1.29, 1.82) is 0 Å². The summed E-state index contributed by atoms with van der Waals surface area (Å²) >= 11 is 1.86. The minimum Gasteiger partial charge on any atom is -0.334 e. The summed E-state index contributed by atoms with van der Waals surface area (Å²) in [5.74, 6) is 0.973. The Labute approximate surface area is 119 Å². The largest absolute Gasteiger partial charge is 0.334 e. The molecule has 0 aliphatic rings. The van der Waals surface area contributed by atoms with Gasteiger partial charge in [-0.3, -0.25) is 0 Å². The highest BCUT2D eigenvalue weighted by Crippen LogP contribution is 2.22. The van der Waals surface area contributed by atoms with Gasteiger partial charge >= 0.3 is 0 Å². The molecule has 0 fully saturated rings. The standard InChI is InChI=1S/C15H21N3S/c1-3-16-9-13-5-7-15(8-6-13)19-11-14-10-17-12-18(14)4-2/h5-8,10,12,16H,3-4,9,11H2,1-2H3. The number of aromatic nitrogens is 2. The number of imidazole rings is 1. The Morgan fingerprint density at radius 2 is 2.00 bits per heavy atom. The molecule has 4 heteroatoms. The Morgan fingerprint density at radius 1 is 1.21 bits per heavy atom. The molecular formula is C15H21N3S. The molecule has 19 heavy (non-hydrogen) atoms. The lowest BCUT2D eigenvalue weighted by Crippen LogP contribution is -2.11. The van der Waals surface area contributed by atoms with Gasteiger partial charge in [-0.1, -0.05) is 19.1 Å². The average Bonchev–Trinajstić information content (AvgIpc) is 2.91. The molecule has 1 heterocycles. The molecule has 0 amide bonds. The smallest absolute Gasteiger partial charge is 0.0948 e. The van der Waals surface area contributed by atoms with Crippen LogP contribution >= 0.6 is 11.8 Å². The zero-order chi connectivity index (χ0) is 13.5. The molecule has 0 bridgehead atoms. The van der Waals surface area contributed by atoms with Crippen LogP contribution in [0.25, 0.3) is 0 Å². The summed E-state index contributed by atoms with van der Waals surface area (Å²) in [5, 5.41) is 3.34. The number of hydrogen-bond donors (Lipinski definition) is 1. The van der Waals surface area contributed by atoms with Crippen molar-refractivity contribution in [3.05, 3.63) is 48.0 Å². The Bertz CT molecular complexity index is 490. The van der Waals surface area contributed by atoms with E-state index in [0.29, 0.717) is 0 Å². The number of thioether (sulfide) groups is 1. The lowest BCUT2D eigenvalue weighted by Gasteiger charge is -2.06. The fraction of sp³-hybridized carbons (Fsp3) is 0.400. The first-order valence-electron chi connectivity index (χ1n) is 6.75. The molecule has 2 aromatic rings. The van der Waals surface area contributed by atoms with E-state index in [4.69, 9.17) is 0 Å². The number of benzene rings is 1. The zero-order valence-electron chi connectivity index (χ0n) is 11.6. The molecule has 3 nitrogen and oxygen atoms in total. The van der Waals surface area contributed by atoms with Crippen LogP contribution in [0, 0.1) is 0 Å². The fourth-order valence-corrected chi connectivity index (χ4v) is 2.77. The maximum Gasteiger partial charge on any atom is 0.0948 e. The van der Waals surface area contributed by atoms with Gasteiger partial charge in [-0.2, -0.15) is 0 Å². The number of hydrogen-bond acceptors (Lipinski definition) is 3. The van der Waals surface area contributed by atoms with Crippen LogP contribution in [0.1, 0.15) is 25.1 Å². The molecule has 0 saturated carbocycles. The fourth-order valence-electron chi connectivity index (χ4n) is 1.88. The van der Waals surface area contributed by atoms with Crippen molar-refractivity contribution < 1.29 is 0 Å². The van der Waals surface area contributed by atoms with Gasteiger partial charge in [-0.25, -0.2) is 4.98 Å². The van der Waals surface area contributed by atoms with Crippen LogP contribution in [0.3, 0.4) is 0 Å². The normalized spacial score (nSPS) is 10.8. The minimum atomic E-state index is 0.948. The first-order chi connectivity index (χ1) is 9.33. The molecule has 1 aromatic heterocycles. The van der Waals surface area contributed by atoms with E-state index >= 15 is 0 Å². The van der Waals surface area contributed by atoms with Crippen molar-refractivity contribution >= 4 is 11.8 Å². The summed E-state index contributed by atoms with van der Waals surface area (Å²) in [4.78, 5) is 5.50. The lowest BCUT2D eigenvalue weighted by atomic mass is 10.2. The summed E-state index contributed by atoms with van der Waals surface area (Å²) in [7, 11) is 0. The topological polar surface area (TPSA) is 29.9 Å². The van der Waals surface area contributed by atoms with Crippen LogP contribution in [0.5, 0.6) is 0 Å². The molecule has 1 aromatic carbocycles. The van der Waals surface area contributed by atoms with Crippen molar-refractivity contribution in [2.45, 2.75) is 37.6 Å². The predicted octanol–water partition coefficient (Wildman–Crippen LogP) is 3.30. The second-order valence-corrected chi connectivity index (χ2v) is 5.43. The van der Waals surface area contributed by atoms with Crippen molar-refractivity contribution in [3.8, 4) is 0 Å². The SMILES string of the molecule is CCNCc1ccc(SCc2cncn2CC)cc1. The number of rotatable bonds is 7. The molecule has 0 radical (unpaired) electrons. The molecular weight excluding hydrogens is 254 g/mol. The Balaban J connectivity index is 1.89. The highest BCUT2D eigenvalue weighted by molar-refractivity contribution is 7.98. The van der Waals surface area contributed by atoms with Gasteiger partial charge in [0.1, 0.15) is 0 Å². The van der Waals surface area contributed by atoms with Crippen molar-refractivity contribution in [2.24, 2.45) is 0 Å². The molecule has 0 aliphatic carbocycles. The summed E-state index contributed by atoms with van der Waals surface area (Å²) in [6.07, 6.45) is 3.85. The van der Waals surface area contributed by atoms with Crippen molar-refractivity contribution in [2.75, 3.05) is 6.54 Å². The minimum absolute atomic E-state index is 0.948. The van der Waals surface area contributed by atoms with E-state index in [1.807, 2.05) is 24.3 Å². The molecule has 102 valence electrons. The van der Waals surface area contributed by atoms with Gasteiger partial charge in [-0.05, 0) is 31.2 Å². The van der Waals surface area contributed by atoms with Gasteiger partial charge in [0.2, 0.25) is 0 Å².